The van der Waals surface area contributed by atoms with Crippen LogP contribution in [0, 0.1) is 13.8 Å². The van der Waals surface area contributed by atoms with Gasteiger partial charge in [-0.3, -0.25) is 0 Å². The van der Waals surface area contributed by atoms with Gasteiger partial charge in [0.1, 0.15) is 5.75 Å². The van der Waals surface area contributed by atoms with Gasteiger partial charge in [-0.05, 0) is 56.3 Å². The Bertz CT molecular complexity index is 441. The maximum atomic E-state index is 5.74. The van der Waals surface area contributed by atoms with Gasteiger partial charge in [0.05, 0.1) is 7.11 Å². The molecule has 1 saturated carbocycles. The monoisotopic (exact) mass is 275 g/mol. The summed E-state index contributed by atoms with van der Waals surface area (Å²) in [5, 5.41) is 3.75. The summed E-state index contributed by atoms with van der Waals surface area (Å²) < 4.78 is 5.74. The first-order chi connectivity index (χ1) is 9.69. The van der Waals surface area contributed by atoms with Crippen LogP contribution in [-0.2, 0) is 0 Å². The number of aryl methyl sites for hydroxylation is 1. The maximum Gasteiger partial charge on any atom is 0.125 e. The Hall–Kier alpha value is -1.02. The highest BCUT2D eigenvalue weighted by molar-refractivity contribution is 5.47. The van der Waals surface area contributed by atoms with Crippen molar-refractivity contribution < 1.29 is 4.74 Å². The van der Waals surface area contributed by atoms with Crippen LogP contribution in [0.15, 0.2) is 12.1 Å². The van der Waals surface area contributed by atoms with Crippen molar-refractivity contribution >= 4 is 0 Å². The summed E-state index contributed by atoms with van der Waals surface area (Å²) in [6.45, 7) is 7.69. The molecule has 0 amide bonds. The van der Waals surface area contributed by atoms with Crippen molar-refractivity contribution in [1.29, 1.82) is 0 Å². The van der Waals surface area contributed by atoms with Gasteiger partial charge < -0.3 is 10.1 Å². The van der Waals surface area contributed by atoms with Gasteiger partial charge in [0.25, 0.3) is 0 Å². The van der Waals surface area contributed by atoms with Crippen molar-refractivity contribution in [3.8, 4) is 5.75 Å². The average molecular weight is 275 g/mol. The molecule has 2 rings (SSSR count). The number of hydrogen-bond acceptors (Lipinski definition) is 2. The molecule has 0 radical (unpaired) electrons. The zero-order chi connectivity index (χ0) is 14.5. The molecule has 1 aromatic rings. The molecule has 0 heterocycles. The Labute approximate surface area is 123 Å². The molecule has 2 heteroatoms. The summed E-state index contributed by atoms with van der Waals surface area (Å²) in [5.74, 6) is 1.71. The Morgan fingerprint density at radius 2 is 1.95 bits per heavy atom. The number of methoxy groups -OCH3 is 1. The van der Waals surface area contributed by atoms with E-state index in [4.69, 9.17) is 4.74 Å². The van der Waals surface area contributed by atoms with E-state index in [1.54, 1.807) is 0 Å². The minimum Gasteiger partial charge on any atom is -0.496 e. The van der Waals surface area contributed by atoms with Crippen molar-refractivity contribution in [2.24, 2.45) is 0 Å². The summed E-state index contributed by atoms with van der Waals surface area (Å²) in [5.41, 5.74) is 4.02. The van der Waals surface area contributed by atoms with E-state index in [1.807, 2.05) is 7.11 Å². The molecule has 112 valence electrons. The summed E-state index contributed by atoms with van der Waals surface area (Å²) >= 11 is 0. The molecule has 1 N–H and O–H groups in total. The van der Waals surface area contributed by atoms with E-state index < -0.39 is 0 Å². The van der Waals surface area contributed by atoms with Crippen LogP contribution in [-0.4, -0.2) is 19.7 Å². The van der Waals surface area contributed by atoms with E-state index in [0.29, 0.717) is 12.0 Å². The second-order valence-corrected chi connectivity index (χ2v) is 6.08. The minimum atomic E-state index is 0.601. The van der Waals surface area contributed by atoms with E-state index in [9.17, 15) is 0 Å². The molecule has 1 fully saturated rings. The number of nitrogens with one attached hydrogen (secondary N) is 1. The van der Waals surface area contributed by atoms with Gasteiger partial charge >= 0.3 is 0 Å². The fourth-order valence-corrected chi connectivity index (χ4v) is 3.45. The Morgan fingerprint density at radius 3 is 2.65 bits per heavy atom. The molecule has 2 nitrogen and oxygen atoms in total. The number of hydrogen-bond donors (Lipinski definition) is 1. The molecule has 0 bridgehead atoms. The minimum absolute atomic E-state index is 0.601. The predicted molar refractivity (Wildman–Crippen MR) is 85.8 cm³/mol. The van der Waals surface area contributed by atoms with E-state index >= 15 is 0 Å². The molecule has 2 unspecified atom stereocenters. The smallest absolute Gasteiger partial charge is 0.125 e. The average Bonchev–Trinajstić information content (AvgIpc) is 2.48. The quantitative estimate of drug-likeness (QED) is 0.863. The van der Waals surface area contributed by atoms with Gasteiger partial charge in [-0.1, -0.05) is 31.9 Å². The third-order valence-corrected chi connectivity index (χ3v) is 4.73. The molecule has 2 atom stereocenters. The molecule has 0 aromatic heterocycles. The third kappa shape index (κ3) is 3.17. The van der Waals surface area contributed by atoms with Crippen LogP contribution in [0.5, 0.6) is 5.75 Å². The lowest BCUT2D eigenvalue weighted by Crippen LogP contribution is -2.37. The molecule has 1 aliphatic rings. The third-order valence-electron chi connectivity index (χ3n) is 4.73. The van der Waals surface area contributed by atoms with Gasteiger partial charge in [-0.25, -0.2) is 0 Å². The first-order valence-electron chi connectivity index (χ1n) is 8.06. The van der Waals surface area contributed by atoms with Crippen LogP contribution >= 0.6 is 0 Å². The molecule has 1 aliphatic carbocycles. The lowest BCUT2D eigenvalue weighted by atomic mass is 9.78. The van der Waals surface area contributed by atoms with Gasteiger partial charge in [0.2, 0.25) is 0 Å². The van der Waals surface area contributed by atoms with Gasteiger partial charge in [0, 0.05) is 12.0 Å². The summed E-state index contributed by atoms with van der Waals surface area (Å²) in [4.78, 5) is 0. The van der Waals surface area contributed by atoms with Crippen molar-refractivity contribution in [1.82, 2.24) is 5.32 Å². The highest BCUT2D eigenvalue weighted by Gasteiger charge is 2.28. The predicted octanol–water partition coefficient (Wildman–Crippen LogP) is 4.34. The lowest BCUT2D eigenvalue weighted by Gasteiger charge is -2.34. The second kappa shape index (κ2) is 7.12. The number of benzene rings is 1. The van der Waals surface area contributed by atoms with E-state index in [-0.39, 0.29) is 0 Å². The van der Waals surface area contributed by atoms with Crippen LogP contribution in [0.2, 0.25) is 0 Å². The van der Waals surface area contributed by atoms with E-state index in [1.165, 1.54) is 48.8 Å². The molecular formula is C18H29NO. The Morgan fingerprint density at radius 1 is 1.20 bits per heavy atom. The summed E-state index contributed by atoms with van der Waals surface area (Å²) in [7, 11) is 1.81. The van der Waals surface area contributed by atoms with Gasteiger partial charge in [-0.15, -0.1) is 0 Å². The molecule has 0 aliphatic heterocycles. The zero-order valence-electron chi connectivity index (χ0n) is 13.5. The Kier molecular flexibility index (Phi) is 5.47. The maximum absolute atomic E-state index is 5.74. The van der Waals surface area contributed by atoms with E-state index in [2.05, 4.69) is 38.2 Å². The molecule has 0 spiro atoms. The van der Waals surface area contributed by atoms with Crippen molar-refractivity contribution in [3.63, 3.8) is 0 Å². The van der Waals surface area contributed by atoms with Gasteiger partial charge in [-0.2, -0.15) is 0 Å². The van der Waals surface area contributed by atoms with Crippen LogP contribution in [0.1, 0.15) is 61.6 Å². The fourth-order valence-electron chi connectivity index (χ4n) is 3.45. The number of ether oxygens (including phenoxy) is 1. The zero-order valence-corrected chi connectivity index (χ0v) is 13.5. The standard InChI is InChI=1S/C18H29NO/c1-5-12-19-17-9-7-6-8-15(17)16-11-10-13(2)14(3)18(16)20-4/h10-11,15,17,19H,5-9,12H2,1-4H3. The molecule has 1 aromatic carbocycles. The molecular weight excluding hydrogens is 246 g/mol. The highest BCUT2D eigenvalue weighted by atomic mass is 16.5. The van der Waals surface area contributed by atoms with Crippen molar-refractivity contribution in [2.75, 3.05) is 13.7 Å². The second-order valence-electron chi connectivity index (χ2n) is 6.08. The van der Waals surface area contributed by atoms with Crippen LogP contribution in [0.4, 0.5) is 0 Å². The van der Waals surface area contributed by atoms with Crippen molar-refractivity contribution in [2.45, 2.75) is 64.8 Å². The summed E-state index contributed by atoms with van der Waals surface area (Å²) in [6.07, 6.45) is 6.46. The first-order valence-corrected chi connectivity index (χ1v) is 8.06. The van der Waals surface area contributed by atoms with E-state index in [0.717, 1.165) is 12.3 Å². The SMILES string of the molecule is CCCNC1CCCCC1c1ccc(C)c(C)c1OC. The number of rotatable bonds is 5. The van der Waals surface area contributed by atoms with Crippen LogP contribution in [0.25, 0.3) is 0 Å². The normalized spacial score (nSPS) is 22.8. The lowest BCUT2D eigenvalue weighted by molar-refractivity contribution is 0.317. The summed E-state index contributed by atoms with van der Waals surface area (Å²) in [6, 6.07) is 5.15. The fraction of sp³-hybridized carbons (Fsp3) is 0.667. The first kappa shape index (κ1) is 15.4. The highest BCUT2D eigenvalue weighted by Crippen LogP contribution is 2.39. The Balaban J connectivity index is 2.29. The van der Waals surface area contributed by atoms with Gasteiger partial charge in [0.15, 0.2) is 0 Å². The molecule has 0 saturated heterocycles. The van der Waals surface area contributed by atoms with Crippen LogP contribution < -0.4 is 10.1 Å². The largest absolute Gasteiger partial charge is 0.496 e. The topological polar surface area (TPSA) is 21.3 Å². The van der Waals surface area contributed by atoms with Crippen LogP contribution in [0.3, 0.4) is 0 Å². The molecule has 20 heavy (non-hydrogen) atoms. The van der Waals surface area contributed by atoms with Crippen molar-refractivity contribution in [3.05, 3.63) is 28.8 Å².